The fraction of sp³-hybridized carbons (Fsp3) is 0. The third kappa shape index (κ3) is 29.8. The SMILES string of the molecule is N#[N+]c1ccccc1C(=O)O.O=C(O)c1ccccc1[Se][Se]c1ccccc1.O=C=O.O=CO[O-].[Cl-].[H-].[K+].[K+].[Na][Se][Se][Na]. The van der Waals surface area contributed by atoms with Crippen molar-refractivity contribution in [2.45, 2.75) is 0 Å². The zero-order valence-electron chi connectivity index (χ0n) is 23.7. The Balaban J connectivity index is -0.000000115. The molecule has 0 spiro atoms. The van der Waals surface area contributed by atoms with Gasteiger partial charge in [-0.15, -0.1) is 0 Å². The van der Waals surface area contributed by atoms with Crippen molar-refractivity contribution in [1.29, 1.82) is 5.39 Å². The van der Waals surface area contributed by atoms with Crippen molar-refractivity contribution in [2.24, 2.45) is 0 Å². The number of carbonyl (C=O) groups excluding carboxylic acids is 3. The Labute approximate surface area is 386 Å². The summed E-state index contributed by atoms with van der Waals surface area (Å²) in [5.74, 6) is -1.93. The third-order valence-electron chi connectivity index (χ3n) is 3.54. The van der Waals surface area contributed by atoms with Gasteiger partial charge in [-0.1, -0.05) is 12.1 Å². The van der Waals surface area contributed by atoms with Crippen LogP contribution in [0, 0.1) is 5.39 Å². The molecule has 3 rings (SSSR count). The van der Waals surface area contributed by atoms with Crippen LogP contribution in [0.5, 0.6) is 0 Å². The average molecular weight is 929 g/mol. The Hall–Kier alpha value is 2.47. The van der Waals surface area contributed by atoms with Crippen molar-refractivity contribution >= 4 is 134 Å². The van der Waals surface area contributed by atoms with Gasteiger partial charge in [-0.05, 0) is 6.07 Å². The summed E-state index contributed by atoms with van der Waals surface area (Å²) in [4.78, 5) is 51.8. The molecule has 0 unspecified atom stereocenters. The van der Waals surface area contributed by atoms with Crippen molar-refractivity contribution < 1.29 is 161 Å². The Morgan fingerprint density at radius 3 is 1.64 bits per heavy atom. The van der Waals surface area contributed by atoms with Crippen LogP contribution in [0.4, 0.5) is 5.69 Å². The van der Waals surface area contributed by atoms with Crippen LogP contribution in [0.15, 0.2) is 78.9 Å². The first-order chi connectivity index (χ1) is 18.8. The first-order valence-electron chi connectivity index (χ1n) is 9.95. The molecule has 0 saturated heterocycles. The summed E-state index contributed by atoms with van der Waals surface area (Å²) in [5.41, 5.74) is 0.514. The number of aromatic carboxylic acids is 2. The number of carboxylic acid groups (broad SMARTS) is 2. The standard InChI is InChI=1S/C13H10O2Se2.C7H4N2O2.CH2O3.CO2.ClH.2K.2Na.Se2.H/c14-13(15)11-8-4-5-9-12(11)17-16-10-6-2-1-3-7-10;8-9-6-4-2-1-3-5(6)7(10)11;2-1-4-3;2-1-3;;;;;;1-2;/h1-9H,(H,14,15);1-4H;1,3H;;1H;;;;;;/q;;;;;4*+1;-2;-1/p-1. The predicted octanol–water partition coefficient (Wildman–Crippen LogP) is -10.0. The van der Waals surface area contributed by atoms with Gasteiger partial charge >= 0.3 is 300 Å². The number of hydrogen-bond donors (Lipinski definition) is 2. The van der Waals surface area contributed by atoms with Crippen LogP contribution >= 0.6 is 0 Å². The van der Waals surface area contributed by atoms with E-state index in [1.54, 1.807) is 24.3 Å². The topological polar surface area (TPSA) is 186 Å². The number of carboxylic acids is 2. The molecule has 0 bridgehead atoms. The second-order valence-corrected chi connectivity index (χ2v) is 38.7. The molecule has 0 aromatic heterocycles. The molecule has 20 heteroatoms. The minimum absolute atomic E-state index is 0. The summed E-state index contributed by atoms with van der Waals surface area (Å²) < 4.78 is 2.30. The van der Waals surface area contributed by atoms with Crippen LogP contribution < -0.4 is 129 Å². The molecule has 0 aliphatic heterocycles. The molecule has 0 fully saturated rings. The van der Waals surface area contributed by atoms with Gasteiger partial charge < -0.3 is 29.1 Å². The summed E-state index contributed by atoms with van der Waals surface area (Å²) in [6.07, 6.45) is 0.250. The molecule has 0 amide bonds. The summed E-state index contributed by atoms with van der Waals surface area (Å²) in [7, 11) is 2.36. The number of nitrogens with zero attached hydrogens (tertiary/aromatic N) is 2. The average Bonchev–Trinajstić information content (AvgIpc) is 2.97. The van der Waals surface area contributed by atoms with Crippen molar-refractivity contribution in [3.8, 4) is 0 Å². The first kappa shape index (κ1) is 53.9. The quantitative estimate of drug-likeness (QED) is 0.0759. The zero-order valence-corrected chi connectivity index (χ0v) is 40.6. The van der Waals surface area contributed by atoms with E-state index >= 15 is 0 Å². The van der Waals surface area contributed by atoms with Crippen LogP contribution in [0.1, 0.15) is 22.1 Å². The van der Waals surface area contributed by atoms with E-state index < -0.39 is 11.9 Å². The fourth-order valence-electron chi connectivity index (χ4n) is 2.03. The second-order valence-electron chi connectivity index (χ2n) is 5.81. The molecule has 2 N–H and O–H groups in total. The van der Waals surface area contributed by atoms with E-state index in [9.17, 15) is 9.59 Å². The van der Waals surface area contributed by atoms with E-state index in [-0.39, 0.29) is 154 Å². The van der Waals surface area contributed by atoms with Gasteiger partial charge in [-0.3, -0.25) is 4.79 Å². The molecule has 0 heterocycles. The molecule has 0 aliphatic rings. The van der Waals surface area contributed by atoms with Crippen molar-refractivity contribution in [1.82, 2.24) is 0 Å². The Bertz CT molecular complexity index is 1240. The number of rotatable bonds is 7. The van der Waals surface area contributed by atoms with E-state index in [2.05, 4.69) is 22.0 Å². The molecule has 3 aromatic carbocycles. The second kappa shape index (κ2) is 39.6. The zero-order chi connectivity index (χ0) is 29.9. The monoisotopic (exact) mass is 932 g/mol. The molecule has 42 heavy (non-hydrogen) atoms. The summed E-state index contributed by atoms with van der Waals surface area (Å²) >= 11 is 3.60. The normalized spacial score (nSPS) is 7.81. The van der Waals surface area contributed by atoms with E-state index in [0.717, 1.165) is 4.46 Å². The minimum atomic E-state index is -1.10. The van der Waals surface area contributed by atoms with Gasteiger partial charge in [0.25, 0.3) is 6.47 Å². The van der Waals surface area contributed by atoms with Gasteiger partial charge in [0.15, 0.2) is 10.5 Å². The van der Waals surface area contributed by atoms with Crippen molar-refractivity contribution in [3.05, 3.63) is 95.0 Å². The molecular formula is C22H17ClK2N2Na2O9Se4. The summed E-state index contributed by atoms with van der Waals surface area (Å²) in [6.45, 7) is -0.181. The number of benzene rings is 3. The molecule has 11 nitrogen and oxygen atoms in total. The van der Waals surface area contributed by atoms with E-state index in [1.165, 1.54) is 84.7 Å². The molecule has 0 saturated carbocycles. The van der Waals surface area contributed by atoms with Gasteiger partial charge in [0.2, 0.25) is 5.39 Å². The molecule has 0 atom stereocenters. The van der Waals surface area contributed by atoms with E-state index in [4.69, 9.17) is 35.2 Å². The fourth-order valence-corrected chi connectivity index (χ4v) is 8.60. The van der Waals surface area contributed by atoms with Crippen LogP contribution in [0.25, 0.3) is 4.98 Å². The van der Waals surface area contributed by atoms with Crippen LogP contribution in [0.2, 0.25) is 0 Å². The van der Waals surface area contributed by atoms with Gasteiger partial charge in [0.1, 0.15) is 0 Å². The molecule has 3 aromatic rings. The maximum atomic E-state index is 11.1. The third-order valence-corrected chi connectivity index (χ3v) is 51.1. The number of diazo groups is 1. The number of carbonyl (C=O) groups is 3. The van der Waals surface area contributed by atoms with Gasteiger partial charge in [0, 0.05) is 6.07 Å². The van der Waals surface area contributed by atoms with Gasteiger partial charge in [-0.2, -0.15) is 9.59 Å². The molecule has 0 radical (unpaired) electrons. The number of halogens is 1. The molecule has 204 valence electrons. The molecule has 0 aliphatic carbocycles. The predicted molar refractivity (Wildman–Crippen MR) is 145 cm³/mol. The Morgan fingerprint density at radius 1 is 0.857 bits per heavy atom. The van der Waals surface area contributed by atoms with Gasteiger partial charge in [0.05, 0.1) is 0 Å². The number of hydrogen-bond acceptors (Lipinski definition) is 8. The maximum absolute atomic E-state index is 11.1. The van der Waals surface area contributed by atoms with E-state index in [0.29, 0.717) is 18.7 Å². The van der Waals surface area contributed by atoms with Crippen LogP contribution in [-0.4, -0.2) is 129 Å². The summed E-state index contributed by atoms with van der Waals surface area (Å²) in [6, 6.07) is 23.5. The Morgan fingerprint density at radius 2 is 1.26 bits per heavy atom. The van der Waals surface area contributed by atoms with Crippen LogP contribution in [-0.2, 0) is 19.3 Å². The molecular weight excluding hydrogens is 912 g/mol. The van der Waals surface area contributed by atoms with Crippen molar-refractivity contribution in [3.63, 3.8) is 0 Å². The van der Waals surface area contributed by atoms with Crippen molar-refractivity contribution in [2.75, 3.05) is 0 Å². The Kier molecular flexibility index (Phi) is 50.9. The first-order valence-corrected chi connectivity index (χ1v) is 32.2. The van der Waals surface area contributed by atoms with Gasteiger partial charge in [-0.25, -0.2) is 4.79 Å². The summed E-state index contributed by atoms with van der Waals surface area (Å²) in [5, 5.41) is 34.4. The van der Waals surface area contributed by atoms with Crippen LogP contribution in [0.3, 0.4) is 0 Å². The van der Waals surface area contributed by atoms with E-state index in [1.807, 2.05) is 30.3 Å².